The second kappa shape index (κ2) is 4.73. The lowest BCUT2D eigenvalue weighted by molar-refractivity contribution is -0.137. The standard InChI is InChI=1S/C13H11F3N4S/c1-20-10-3-2-7(13(14,15)16)4-9(10)19-11(20)5-8-6-21-12(17)18-8/h2-4,6H,5H2,1H3,(H2,17,18). The largest absolute Gasteiger partial charge is 0.416 e. The zero-order valence-electron chi connectivity index (χ0n) is 11.0. The molecule has 110 valence electrons. The van der Waals surface area contributed by atoms with Crippen LogP contribution in [0.5, 0.6) is 0 Å². The van der Waals surface area contributed by atoms with Crippen LogP contribution in [-0.4, -0.2) is 14.5 Å². The summed E-state index contributed by atoms with van der Waals surface area (Å²) in [5.74, 6) is 0.648. The fraction of sp³-hybridized carbons (Fsp3) is 0.231. The second-order valence-corrected chi connectivity index (χ2v) is 5.53. The van der Waals surface area contributed by atoms with E-state index in [1.165, 1.54) is 17.4 Å². The van der Waals surface area contributed by atoms with Crippen molar-refractivity contribution in [3.8, 4) is 0 Å². The summed E-state index contributed by atoms with van der Waals surface area (Å²) in [5, 5.41) is 2.28. The maximum atomic E-state index is 12.7. The molecule has 0 bridgehead atoms. The van der Waals surface area contributed by atoms with Crippen LogP contribution in [0.2, 0.25) is 0 Å². The lowest BCUT2D eigenvalue weighted by Gasteiger charge is -2.05. The van der Waals surface area contributed by atoms with Gasteiger partial charge in [0, 0.05) is 18.8 Å². The SMILES string of the molecule is Cn1c(Cc2csc(N)n2)nc2cc(C(F)(F)F)ccc21. The number of alkyl halides is 3. The Morgan fingerprint density at radius 3 is 2.67 bits per heavy atom. The number of rotatable bonds is 2. The van der Waals surface area contributed by atoms with Gasteiger partial charge in [-0.15, -0.1) is 11.3 Å². The zero-order valence-corrected chi connectivity index (χ0v) is 11.8. The van der Waals surface area contributed by atoms with Gasteiger partial charge in [-0.2, -0.15) is 13.2 Å². The highest BCUT2D eigenvalue weighted by molar-refractivity contribution is 7.13. The summed E-state index contributed by atoms with van der Waals surface area (Å²) in [7, 11) is 1.77. The Hall–Kier alpha value is -2.09. The Labute approximate surface area is 122 Å². The number of fused-ring (bicyclic) bond motifs is 1. The average Bonchev–Trinajstić information content (AvgIpc) is 2.94. The number of thiazole rings is 1. The summed E-state index contributed by atoms with van der Waals surface area (Å²) in [4.78, 5) is 8.41. The normalized spacial score (nSPS) is 12.2. The van der Waals surface area contributed by atoms with Gasteiger partial charge in [0.15, 0.2) is 5.13 Å². The Morgan fingerprint density at radius 2 is 2.05 bits per heavy atom. The van der Waals surface area contributed by atoms with Crippen LogP contribution in [0.3, 0.4) is 0 Å². The molecule has 2 N–H and O–H groups in total. The highest BCUT2D eigenvalue weighted by Gasteiger charge is 2.31. The number of imidazole rings is 1. The van der Waals surface area contributed by atoms with Gasteiger partial charge in [0.05, 0.1) is 22.3 Å². The van der Waals surface area contributed by atoms with Crippen LogP contribution >= 0.6 is 11.3 Å². The van der Waals surface area contributed by atoms with Crippen molar-refractivity contribution in [3.05, 3.63) is 40.7 Å². The number of anilines is 1. The predicted molar refractivity (Wildman–Crippen MR) is 75.0 cm³/mol. The molecule has 0 saturated heterocycles. The Bertz CT molecular complexity index is 803. The molecule has 0 fully saturated rings. The molecular formula is C13H11F3N4S. The van der Waals surface area contributed by atoms with Crippen LogP contribution < -0.4 is 5.73 Å². The van der Waals surface area contributed by atoms with Crippen molar-refractivity contribution in [1.82, 2.24) is 14.5 Å². The van der Waals surface area contributed by atoms with Crippen molar-refractivity contribution in [2.75, 3.05) is 5.73 Å². The highest BCUT2D eigenvalue weighted by Crippen LogP contribution is 2.31. The van der Waals surface area contributed by atoms with Gasteiger partial charge in [0.1, 0.15) is 5.82 Å². The predicted octanol–water partition coefficient (Wildman–Crippen LogP) is 3.22. The van der Waals surface area contributed by atoms with E-state index >= 15 is 0 Å². The lowest BCUT2D eigenvalue weighted by Crippen LogP contribution is -2.04. The van der Waals surface area contributed by atoms with Crippen molar-refractivity contribution < 1.29 is 13.2 Å². The first-order valence-electron chi connectivity index (χ1n) is 6.07. The summed E-state index contributed by atoms with van der Waals surface area (Å²) in [6.45, 7) is 0. The molecule has 8 heteroatoms. The monoisotopic (exact) mass is 312 g/mol. The number of hydrogen-bond acceptors (Lipinski definition) is 4. The van der Waals surface area contributed by atoms with Gasteiger partial charge in [0.25, 0.3) is 0 Å². The molecule has 2 aromatic heterocycles. The van der Waals surface area contributed by atoms with Crippen molar-refractivity contribution in [2.45, 2.75) is 12.6 Å². The molecular weight excluding hydrogens is 301 g/mol. The minimum Gasteiger partial charge on any atom is -0.375 e. The topological polar surface area (TPSA) is 56.7 Å². The van der Waals surface area contributed by atoms with Gasteiger partial charge in [-0.3, -0.25) is 0 Å². The number of halogens is 3. The third-order valence-electron chi connectivity index (χ3n) is 3.21. The Balaban J connectivity index is 2.02. The summed E-state index contributed by atoms with van der Waals surface area (Å²) < 4.78 is 39.9. The lowest BCUT2D eigenvalue weighted by atomic mass is 10.2. The van der Waals surface area contributed by atoms with E-state index in [2.05, 4.69) is 9.97 Å². The van der Waals surface area contributed by atoms with E-state index in [0.717, 1.165) is 17.8 Å². The van der Waals surface area contributed by atoms with Crippen molar-refractivity contribution in [3.63, 3.8) is 0 Å². The van der Waals surface area contributed by atoms with Gasteiger partial charge in [-0.25, -0.2) is 9.97 Å². The molecule has 3 aromatic rings. The van der Waals surface area contributed by atoms with Crippen LogP contribution in [0.1, 0.15) is 17.1 Å². The minimum absolute atomic E-state index is 0.325. The third-order valence-corrected chi connectivity index (χ3v) is 3.93. The van der Waals surface area contributed by atoms with E-state index in [1.54, 1.807) is 11.6 Å². The fourth-order valence-corrected chi connectivity index (χ4v) is 2.71. The van der Waals surface area contributed by atoms with Crippen LogP contribution in [-0.2, 0) is 19.6 Å². The van der Waals surface area contributed by atoms with E-state index in [9.17, 15) is 13.2 Å². The highest BCUT2D eigenvalue weighted by atomic mass is 32.1. The molecule has 0 radical (unpaired) electrons. The minimum atomic E-state index is -4.37. The van der Waals surface area contributed by atoms with Crippen molar-refractivity contribution in [1.29, 1.82) is 0 Å². The quantitative estimate of drug-likeness (QED) is 0.790. The smallest absolute Gasteiger partial charge is 0.375 e. The van der Waals surface area contributed by atoms with Crippen LogP contribution in [0.15, 0.2) is 23.6 Å². The summed E-state index contributed by atoms with van der Waals surface area (Å²) >= 11 is 1.32. The number of aromatic nitrogens is 3. The van der Waals surface area contributed by atoms with Crippen LogP contribution in [0.4, 0.5) is 18.3 Å². The molecule has 0 aliphatic rings. The molecule has 0 aliphatic carbocycles. The molecule has 0 saturated carbocycles. The molecule has 21 heavy (non-hydrogen) atoms. The average molecular weight is 312 g/mol. The molecule has 0 unspecified atom stereocenters. The first kappa shape index (κ1) is 13.9. The maximum absolute atomic E-state index is 12.7. The Morgan fingerprint density at radius 1 is 1.29 bits per heavy atom. The molecule has 1 aromatic carbocycles. The maximum Gasteiger partial charge on any atom is 0.416 e. The first-order chi connectivity index (χ1) is 9.84. The fourth-order valence-electron chi connectivity index (χ4n) is 2.15. The van der Waals surface area contributed by atoms with Crippen molar-refractivity contribution >= 4 is 27.5 Å². The number of hydrogen-bond donors (Lipinski definition) is 1. The molecule has 0 atom stereocenters. The van der Waals surface area contributed by atoms with Gasteiger partial charge in [0.2, 0.25) is 0 Å². The zero-order chi connectivity index (χ0) is 15.2. The number of aryl methyl sites for hydroxylation is 1. The van der Waals surface area contributed by atoms with E-state index in [0.29, 0.717) is 28.4 Å². The summed E-state index contributed by atoms with van der Waals surface area (Å²) in [5.41, 5.74) is 6.61. The molecule has 0 aliphatic heterocycles. The molecule has 0 amide bonds. The van der Waals surface area contributed by atoms with Crippen LogP contribution in [0.25, 0.3) is 11.0 Å². The van der Waals surface area contributed by atoms with E-state index in [4.69, 9.17) is 5.73 Å². The molecule has 3 rings (SSSR count). The van der Waals surface area contributed by atoms with E-state index in [-0.39, 0.29) is 0 Å². The van der Waals surface area contributed by atoms with Crippen LogP contribution in [0, 0.1) is 0 Å². The van der Waals surface area contributed by atoms with Crippen molar-refractivity contribution in [2.24, 2.45) is 7.05 Å². The number of nitrogens with zero attached hydrogens (tertiary/aromatic N) is 3. The van der Waals surface area contributed by atoms with E-state index < -0.39 is 11.7 Å². The van der Waals surface area contributed by atoms with Gasteiger partial charge in [-0.05, 0) is 18.2 Å². The van der Waals surface area contributed by atoms with Gasteiger partial charge < -0.3 is 10.3 Å². The molecule has 2 heterocycles. The van der Waals surface area contributed by atoms with Gasteiger partial charge >= 0.3 is 6.18 Å². The first-order valence-corrected chi connectivity index (χ1v) is 6.95. The number of benzene rings is 1. The number of nitrogens with two attached hydrogens (primary N) is 1. The number of nitrogen functional groups attached to an aromatic ring is 1. The molecule has 4 nitrogen and oxygen atoms in total. The van der Waals surface area contributed by atoms with E-state index in [1.807, 2.05) is 5.38 Å². The Kier molecular flexibility index (Phi) is 3.12. The summed E-state index contributed by atoms with van der Waals surface area (Å²) in [6.07, 6.45) is -3.94. The third kappa shape index (κ3) is 2.58. The molecule has 0 spiro atoms. The second-order valence-electron chi connectivity index (χ2n) is 4.64. The summed E-state index contributed by atoms with van der Waals surface area (Å²) in [6, 6.07) is 3.56. The van der Waals surface area contributed by atoms with Gasteiger partial charge in [-0.1, -0.05) is 0 Å².